The number of hydrogen-bond donors (Lipinski definition) is 1. The van der Waals surface area contributed by atoms with Gasteiger partial charge in [0.1, 0.15) is 6.10 Å². The Balaban J connectivity index is 1.74. The summed E-state index contributed by atoms with van der Waals surface area (Å²) in [5, 5.41) is 0. The molecule has 2 aliphatic rings. The van der Waals surface area contributed by atoms with Gasteiger partial charge in [0.15, 0.2) is 17.4 Å². The molecule has 3 rings (SSSR count). The molecule has 5 heteroatoms. The Morgan fingerprint density at radius 3 is 2.55 bits per heavy atom. The number of benzene rings is 1. The van der Waals surface area contributed by atoms with Gasteiger partial charge in [0.25, 0.3) is 0 Å². The van der Waals surface area contributed by atoms with Gasteiger partial charge in [-0.15, -0.1) is 0 Å². The van der Waals surface area contributed by atoms with Crippen molar-refractivity contribution in [2.24, 2.45) is 5.73 Å². The molecule has 0 radical (unpaired) electrons. The fourth-order valence-electron chi connectivity index (χ4n) is 3.01. The summed E-state index contributed by atoms with van der Waals surface area (Å²) in [5.74, 6) is -1.65. The zero-order valence-corrected chi connectivity index (χ0v) is 11.3. The molecular formula is C15H19F2NO2. The summed E-state index contributed by atoms with van der Waals surface area (Å²) in [4.78, 5) is 0. The molecule has 0 aromatic heterocycles. The molecule has 1 aliphatic heterocycles. The van der Waals surface area contributed by atoms with Gasteiger partial charge in [-0.3, -0.25) is 0 Å². The predicted octanol–water partition coefficient (Wildman–Crippen LogP) is 2.90. The van der Waals surface area contributed by atoms with Crippen LogP contribution in [-0.2, 0) is 11.3 Å². The normalized spacial score (nSPS) is 24.4. The highest BCUT2D eigenvalue weighted by molar-refractivity contribution is 5.31. The molecule has 0 bridgehead atoms. The van der Waals surface area contributed by atoms with Gasteiger partial charge >= 0.3 is 0 Å². The standard InChI is InChI=1S/C15H19F2NO2/c16-12-6-10(9-18)7-13(17)14(12)20-11-2-5-19-15(8-11)3-1-4-15/h6-7,11H,1-5,8-9,18H2. The molecule has 3 nitrogen and oxygen atoms in total. The molecule has 20 heavy (non-hydrogen) atoms. The number of nitrogens with two attached hydrogens (primary N) is 1. The van der Waals surface area contributed by atoms with E-state index >= 15 is 0 Å². The third-order valence-electron chi connectivity index (χ3n) is 4.29. The largest absolute Gasteiger partial charge is 0.484 e. The molecule has 2 N–H and O–H groups in total. The van der Waals surface area contributed by atoms with Gasteiger partial charge in [-0.1, -0.05) is 0 Å². The van der Waals surface area contributed by atoms with Crippen LogP contribution in [0.15, 0.2) is 12.1 Å². The Kier molecular flexibility index (Phi) is 3.65. The molecule has 1 aromatic carbocycles. The van der Waals surface area contributed by atoms with Crippen LogP contribution in [0.5, 0.6) is 5.75 Å². The van der Waals surface area contributed by atoms with E-state index in [0.717, 1.165) is 19.3 Å². The molecular weight excluding hydrogens is 264 g/mol. The van der Waals surface area contributed by atoms with Crippen molar-refractivity contribution in [2.75, 3.05) is 6.61 Å². The maximum absolute atomic E-state index is 13.9. The van der Waals surface area contributed by atoms with Crippen LogP contribution in [0.3, 0.4) is 0 Å². The van der Waals surface area contributed by atoms with E-state index in [9.17, 15) is 8.78 Å². The molecule has 1 heterocycles. The zero-order chi connectivity index (χ0) is 14.2. The van der Waals surface area contributed by atoms with Crippen molar-refractivity contribution in [1.29, 1.82) is 0 Å². The van der Waals surface area contributed by atoms with Gasteiger partial charge in [0, 0.05) is 19.4 Å². The van der Waals surface area contributed by atoms with Gasteiger partial charge in [-0.2, -0.15) is 0 Å². The second-order valence-corrected chi connectivity index (χ2v) is 5.71. The molecule has 1 saturated carbocycles. The van der Waals surface area contributed by atoms with E-state index in [0.29, 0.717) is 25.0 Å². The van der Waals surface area contributed by atoms with Gasteiger partial charge in [0.05, 0.1) is 12.2 Å². The summed E-state index contributed by atoms with van der Waals surface area (Å²) in [7, 11) is 0. The minimum Gasteiger partial charge on any atom is -0.484 e. The summed E-state index contributed by atoms with van der Waals surface area (Å²) >= 11 is 0. The Morgan fingerprint density at radius 2 is 2.00 bits per heavy atom. The van der Waals surface area contributed by atoms with Crippen molar-refractivity contribution in [3.63, 3.8) is 0 Å². The molecule has 1 aliphatic carbocycles. The monoisotopic (exact) mass is 283 g/mol. The Hall–Kier alpha value is -1.20. The van der Waals surface area contributed by atoms with Crippen LogP contribution in [0, 0.1) is 11.6 Å². The van der Waals surface area contributed by atoms with Gasteiger partial charge in [0.2, 0.25) is 0 Å². The minimum atomic E-state index is -0.681. The highest BCUT2D eigenvalue weighted by Crippen LogP contribution is 2.43. The number of hydrogen-bond acceptors (Lipinski definition) is 3. The quantitative estimate of drug-likeness (QED) is 0.927. The maximum Gasteiger partial charge on any atom is 0.191 e. The minimum absolute atomic E-state index is 0.104. The summed E-state index contributed by atoms with van der Waals surface area (Å²) < 4.78 is 39.1. The summed E-state index contributed by atoms with van der Waals surface area (Å²) in [5.41, 5.74) is 5.71. The van der Waals surface area contributed by atoms with Crippen molar-refractivity contribution < 1.29 is 18.3 Å². The zero-order valence-electron chi connectivity index (χ0n) is 11.3. The molecule has 2 fully saturated rings. The van der Waals surface area contributed by atoms with E-state index in [1.165, 1.54) is 12.1 Å². The first-order valence-corrected chi connectivity index (χ1v) is 7.10. The van der Waals surface area contributed by atoms with Gasteiger partial charge < -0.3 is 15.2 Å². The van der Waals surface area contributed by atoms with Crippen LogP contribution < -0.4 is 10.5 Å². The van der Waals surface area contributed by atoms with Crippen molar-refractivity contribution >= 4 is 0 Å². The summed E-state index contributed by atoms with van der Waals surface area (Å²) in [6.45, 7) is 0.698. The van der Waals surface area contributed by atoms with Crippen LogP contribution in [0.1, 0.15) is 37.7 Å². The Labute approximate surface area is 117 Å². The smallest absolute Gasteiger partial charge is 0.191 e. The van der Waals surface area contributed by atoms with Crippen LogP contribution in [0.25, 0.3) is 0 Å². The first kappa shape index (κ1) is 13.8. The highest BCUT2D eigenvalue weighted by atomic mass is 19.1. The molecule has 1 aromatic rings. The van der Waals surface area contributed by atoms with E-state index in [-0.39, 0.29) is 24.0 Å². The summed E-state index contributed by atoms with van der Waals surface area (Å²) in [6, 6.07) is 2.47. The van der Waals surface area contributed by atoms with Crippen molar-refractivity contribution in [1.82, 2.24) is 0 Å². The average Bonchev–Trinajstić information content (AvgIpc) is 2.41. The van der Waals surface area contributed by atoms with E-state index in [1.807, 2.05) is 0 Å². The van der Waals surface area contributed by atoms with Crippen molar-refractivity contribution in [3.05, 3.63) is 29.3 Å². The van der Waals surface area contributed by atoms with Gasteiger partial charge in [-0.25, -0.2) is 8.78 Å². The third-order valence-corrected chi connectivity index (χ3v) is 4.29. The molecule has 110 valence electrons. The number of halogens is 2. The molecule has 0 amide bonds. The summed E-state index contributed by atoms with van der Waals surface area (Å²) in [6.07, 6.45) is 4.38. The van der Waals surface area contributed by atoms with Crippen LogP contribution in [-0.4, -0.2) is 18.3 Å². The lowest BCUT2D eigenvalue weighted by molar-refractivity contribution is -0.154. The Morgan fingerprint density at radius 1 is 1.30 bits per heavy atom. The molecule has 1 unspecified atom stereocenters. The molecule has 1 saturated heterocycles. The van der Waals surface area contributed by atoms with Gasteiger partial charge in [-0.05, 0) is 37.0 Å². The fourth-order valence-corrected chi connectivity index (χ4v) is 3.01. The average molecular weight is 283 g/mol. The maximum atomic E-state index is 13.9. The lowest BCUT2D eigenvalue weighted by atomic mass is 9.74. The first-order chi connectivity index (χ1) is 9.62. The molecule has 1 atom stereocenters. The van der Waals surface area contributed by atoms with E-state index < -0.39 is 11.6 Å². The van der Waals surface area contributed by atoms with E-state index in [1.54, 1.807) is 0 Å². The van der Waals surface area contributed by atoms with Crippen molar-refractivity contribution in [3.8, 4) is 5.75 Å². The number of ether oxygens (including phenoxy) is 2. The second kappa shape index (κ2) is 5.30. The topological polar surface area (TPSA) is 44.5 Å². The van der Waals surface area contributed by atoms with Crippen molar-refractivity contribution in [2.45, 2.75) is 50.4 Å². The van der Waals surface area contributed by atoms with E-state index in [2.05, 4.69) is 0 Å². The van der Waals surface area contributed by atoms with Crippen LogP contribution in [0.2, 0.25) is 0 Å². The second-order valence-electron chi connectivity index (χ2n) is 5.71. The lowest BCUT2D eigenvalue weighted by Gasteiger charge is -2.46. The predicted molar refractivity (Wildman–Crippen MR) is 70.4 cm³/mol. The Bertz CT molecular complexity index is 480. The molecule has 1 spiro atoms. The third kappa shape index (κ3) is 2.52. The van der Waals surface area contributed by atoms with Crippen LogP contribution >= 0.6 is 0 Å². The SMILES string of the molecule is NCc1cc(F)c(OC2CCOC3(CCC3)C2)c(F)c1. The number of rotatable bonds is 3. The highest BCUT2D eigenvalue weighted by Gasteiger charge is 2.43. The van der Waals surface area contributed by atoms with Crippen LogP contribution in [0.4, 0.5) is 8.78 Å². The fraction of sp³-hybridized carbons (Fsp3) is 0.600. The van der Waals surface area contributed by atoms with E-state index in [4.69, 9.17) is 15.2 Å². The lowest BCUT2D eigenvalue weighted by Crippen LogP contribution is -2.48. The first-order valence-electron chi connectivity index (χ1n) is 7.10.